The molecule has 0 aliphatic carbocycles. The number of hydrogen-bond acceptors (Lipinski definition) is 6. The van der Waals surface area contributed by atoms with E-state index < -0.39 is 0 Å². The van der Waals surface area contributed by atoms with Gasteiger partial charge in [-0.1, -0.05) is 20.8 Å². The largest absolute Gasteiger partial charge is 0.478 e. The molecule has 2 heterocycles. The molecule has 0 radical (unpaired) electrons. The van der Waals surface area contributed by atoms with Gasteiger partial charge in [-0.15, -0.1) is 0 Å². The summed E-state index contributed by atoms with van der Waals surface area (Å²) in [6.07, 6.45) is 4.82. The predicted molar refractivity (Wildman–Crippen MR) is 113 cm³/mol. The fourth-order valence-electron chi connectivity index (χ4n) is 3.06. The van der Waals surface area contributed by atoms with E-state index in [2.05, 4.69) is 56.3 Å². The minimum absolute atomic E-state index is 0.338. The number of anilines is 2. The van der Waals surface area contributed by atoms with E-state index >= 15 is 0 Å². The van der Waals surface area contributed by atoms with E-state index in [4.69, 9.17) is 14.7 Å². The number of methoxy groups -OCH3 is 1. The smallest absolute Gasteiger partial charge is 0.257 e. The van der Waals surface area contributed by atoms with E-state index in [-0.39, 0.29) is 0 Å². The first kappa shape index (κ1) is 20.9. The average Bonchev–Trinajstić information content (AvgIpc) is 2.65. The number of hydrogen-bond donors (Lipinski definition) is 2. The Morgan fingerprint density at radius 2 is 1.78 bits per heavy atom. The van der Waals surface area contributed by atoms with Crippen LogP contribution in [0.2, 0.25) is 0 Å². The van der Waals surface area contributed by atoms with E-state index in [9.17, 15) is 0 Å². The van der Waals surface area contributed by atoms with Crippen molar-refractivity contribution in [2.45, 2.75) is 72.9 Å². The Morgan fingerprint density at radius 3 is 2.33 bits per heavy atom. The highest BCUT2D eigenvalue weighted by Gasteiger charge is 2.18. The predicted octanol–water partition coefficient (Wildman–Crippen LogP) is 4.84. The van der Waals surface area contributed by atoms with Crippen LogP contribution in [0.3, 0.4) is 0 Å². The number of nitrogens with one attached hydrogen (secondary N) is 2. The van der Waals surface area contributed by atoms with E-state index in [1.54, 1.807) is 7.11 Å². The number of ether oxygens (including phenoxy) is 1. The van der Waals surface area contributed by atoms with E-state index in [0.717, 1.165) is 42.0 Å². The third kappa shape index (κ3) is 5.08. The molecule has 2 aromatic heterocycles. The van der Waals surface area contributed by atoms with Gasteiger partial charge in [-0.3, -0.25) is 0 Å². The highest BCUT2D eigenvalue weighted by atomic mass is 16.5. The summed E-state index contributed by atoms with van der Waals surface area (Å²) in [5.41, 5.74) is 3.88. The molecule has 0 unspecified atom stereocenters. The molecule has 0 spiro atoms. The summed E-state index contributed by atoms with van der Waals surface area (Å²) in [4.78, 5) is 14.1. The number of rotatable bonds is 9. The molecule has 0 bridgehead atoms. The van der Waals surface area contributed by atoms with Gasteiger partial charge in [0.2, 0.25) is 0 Å². The molecule has 2 aromatic rings. The number of nitrogens with zero attached hydrogens (tertiary/aromatic N) is 3. The van der Waals surface area contributed by atoms with Gasteiger partial charge in [0.15, 0.2) is 5.82 Å². The highest BCUT2D eigenvalue weighted by Crippen LogP contribution is 2.31. The van der Waals surface area contributed by atoms with Crippen LogP contribution in [0.25, 0.3) is 11.3 Å². The summed E-state index contributed by atoms with van der Waals surface area (Å²) in [5, 5.41) is 6.81. The van der Waals surface area contributed by atoms with Crippen LogP contribution in [0.4, 0.5) is 11.6 Å². The van der Waals surface area contributed by atoms with Crippen molar-refractivity contribution in [3.8, 4) is 17.1 Å². The van der Waals surface area contributed by atoms with Gasteiger partial charge in [-0.05, 0) is 51.7 Å². The molecule has 0 aliphatic heterocycles. The lowest BCUT2D eigenvalue weighted by Gasteiger charge is -2.19. The summed E-state index contributed by atoms with van der Waals surface area (Å²) in [6.45, 7) is 12.7. The maximum Gasteiger partial charge on any atom is 0.257 e. The molecule has 0 aromatic carbocycles. The van der Waals surface area contributed by atoms with Crippen molar-refractivity contribution in [2.24, 2.45) is 0 Å². The van der Waals surface area contributed by atoms with Gasteiger partial charge in [0.05, 0.1) is 18.5 Å². The maximum atomic E-state index is 5.53. The first-order valence-electron chi connectivity index (χ1n) is 9.88. The van der Waals surface area contributed by atoms with Crippen LogP contribution >= 0.6 is 0 Å². The van der Waals surface area contributed by atoms with Crippen molar-refractivity contribution in [1.82, 2.24) is 15.0 Å². The van der Waals surface area contributed by atoms with Crippen LogP contribution in [-0.2, 0) is 6.42 Å². The van der Waals surface area contributed by atoms with E-state index in [0.29, 0.717) is 23.8 Å². The van der Waals surface area contributed by atoms with E-state index in [1.807, 2.05) is 13.1 Å². The van der Waals surface area contributed by atoms with Gasteiger partial charge in [-0.2, -0.15) is 0 Å². The molecule has 6 nitrogen and oxygen atoms in total. The zero-order valence-electron chi connectivity index (χ0n) is 17.7. The van der Waals surface area contributed by atoms with Crippen LogP contribution in [0, 0.1) is 6.92 Å². The van der Waals surface area contributed by atoms with Crippen LogP contribution < -0.4 is 15.4 Å². The van der Waals surface area contributed by atoms with Crippen LogP contribution in [-0.4, -0.2) is 34.1 Å². The fourth-order valence-corrected chi connectivity index (χ4v) is 3.06. The van der Waals surface area contributed by atoms with Crippen molar-refractivity contribution in [3.05, 3.63) is 23.5 Å². The normalized spacial score (nSPS) is 11.1. The SMILES string of the molecule is CCc1cc(NC(C)C)ncc1-c1nc(OC)c(NC(CC)CC)nc1C. The molecule has 27 heavy (non-hydrogen) atoms. The van der Waals surface area contributed by atoms with Crippen molar-refractivity contribution in [1.29, 1.82) is 0 Å². The highest BCUT2D eigenvalue weighted by molar-refractivity contribution is 5.69. The molecule has 0 aliphatic rings. The van der Waals surface area contributed by atoms with Crippen molar-refractivity contribution in [3.63, 3.8) is 0 Å². The molecule has 0 saturated heterocycles. The third-order valence-corrected chi connectivity index (χ3v) is 4.62. The summed E-state index contributed by atoms with van der Waals surface area (Å²) in [6, 6.07) is 2.79. The number of aromatic nitrogens is 3. The van der Waals surface area contributed by atoms with Gasteiger partial charge in [0, 0.05) is 23.8 Å². The first-order chi connectivity index (χ1) is 12.9. The monoisotopic (exact) mass is 371 g/mol. The average molecular weight is 372 g/mol. The number of pyridine rings is 1. The van der Waals surface area contributed by atoms with Crippen molar-refractivity contribution in [2.75, 3.05) is 17.7 Å². The summed E-state index contributed by atoms with van der Waals surface area (Å²) < 4.78 is 5.53. The van der Waals surface area contributed by atoms with E-state index in [1.165, 1.54) is 5.56 Å². The molecule has 2 N–H and O–H groups in total. The third-order valence-electron chi connectivity index (χ3n) is 4.62. The Hall–Kier alpha value is -2.37. The van der Waals surface area contributed by atoms with Gasteiger partial charge < -0.3 is 15.4 Å². The molecule has 148 valence electrons. The lowest BCUT2D eigenvalue weighted by atomic mass is 10.0. The Bertz CT molecular complexity index is 756. The Kier molecular flexibility index (Phi) is 7.39. The van der Waals surface area contributed by atoms with Crippen LogP contribution in [0.1, 0.15) is 58.7 Å². The summed E-state index contributed by atoms with van der Waals surface area (Å²) >= 11 is 0. The molecular formula is C21H33N5O. The summed E-state index contributed by atoms with van der Waals surface area (Å²) in [7, 11) is 1.63. The van der Waals surface area contributed by atoms with Gasteiger partial charge >= 0.3 is 0 Å². The lowest BCUT2D eigenvalue weighted by Crippen LogP contribution is -2.19. The standard InChI is InChI=1S/C21H33N5O/c1-8-15-11-18(23-13(4)5)22-12-17(15)19-14(6)24-20(21(26-19)27-7)25-16(9-2)10-3/h11-13,16H,8-10H2,1-7H3,(H,22,23)(H,24,25). The molecule has 2 rings (SSSR count). The second-order valence-electron chi connectivity index (χ2n) is 7.05. The van der Waals surface area contributed by atoms with Gasteiger partial charge in [-0.25, -0.2) is 15.0 Å². The second-order valence-corrected chi connectivity index (χ2v) is 7.05. The van der Waals surface area contributed by atoms with Crippen LogP contribution in [0.5, 0.6) is 5.88 Å². The zero-order chi connectivity index (χ0) is 20.0. The van der Waals surface area contributed by atoms with Gasteiger partial charge in [0.1, 0.15) is 5.82 Å². The maximum absolute atomic E-state index is 5.53. The fraction of sp³-hybridized carbons (Fsp3) is 0.571. The van der Waals surface area contributed by atoms with Crippen molar-refractivity contribution < 1.29 is 4.74 Å². The minimum atomic E-state index is 0.338. The zero-order valence-corrected chi connectivity index (χ0v) is 17.7. The quantitative estimate of drug-likeness (QED) is 0.657. The Balaban J connectivity index is 2.46. The van der Waals surface area contributed by atoms with Crippen LogP contribution in [0.15, 0.2) is 12.3 Å². The van der Waals surface area contributed by atoms with Crippen molar-refractivity contribution >= 4 is 11.6 Å². The number of aryl methyl sites for hydroxylation is 2. The lowest BCUT2D eigenvalue weighted by molar-refractivity contribution is 0.397. The second kappa shape index (κ2) is 9.53. The molecule has 0 saturated carbocycles. The first-order valence-corrected chi connectivity index (χ1v) is 9.88. The molecule has 6 heteroatoms. The topological polar surface area (TPSA) is 72.0 Å². The molecule has 0 atom stereocenters. The molecule has 0 amide bonds. The molecular weight excluding hydrogens is 338 g/mol. The minimum Gasteiger partial charge on any atom is -0.478 e. The van der Waals surface area contributed by atoms with Gasteiger partial charge in [0.25, 0.3) is 5.88 Å². The summed E-state index contributed by atoms with van der Waals surface area (Å²) in [5.74, 6) is 2.11. The Labute approximate surface area is 163 Å². The molecule has 0 fully saturated rings. The Morgan fingerprint density at radius 1 is 1.07 bits per heavy atom.